The molecule has 4 rings (SSSR count). The Labute approximate surface area is 131 Å². The third-order valence-corrected chi connectivity index (χ3v) is 5.39. The summed E-state index contributed by atoms with van der Waals surface area (Å²) in [5, 5.41) is 6.54. The predicted molar refractivity (Wildman–Crippen MR) is 85.9 cm³/mol. The number of piperidine rings is 1. The Hall–Kier alpha value is -1.62. The highest BCUT2D eigenvalue weighted by molar-refractivity contribution is 5.94. The number of carbonyl (C=O) groups is 1. The normalized spacial score (nSPS) is 31.0. The summed E-state index contributed by atoms with van der Waals surface area (Å²) >= 11 is 0. The lowest BCUT2D eigenvalue weighted by Crippen LogP contribution is -2.44. The van der Waals surface area contributed by atoms with Crippen molar-refractivity contribution >= 4 is 11.7 Å². The van der Waals surface area contributed by atoms with Gasteiger partial charge < -0.3 is 15.5 Å². The van der Waals surface area contributed by atoms with Gasteiger partial charge in [0.25, 0.3) is 5.91 Å². The molecule has 1 aromatic heterocycles. The van der Waals surface area contributed by atoms with Crippen molar-refractivity contribution < 1.29 is 4.79 Å². The van der Waals surface area contributed by atoms with Gasteiger partial charge in [-0.1, -0.05) is 0 Å². The van der Waals surface area contributed by atoms with Crippen molar-refractivity contribution in [2.75, 3.05) is 12.4 Å². The lowest BCUT2D eigenvalue weighted by atomic mass is 9.98. The van der Waals surface area contributed by atoms with Gasteiger partial charge in [0.2, 0.25) is 0 Å². The second-order valence-electron chi connectivity index (χ2n) is 7.04. The van der Waals surface area contributed by atoms with Gasteiger partial charge >= 0.3 is 0 Å². The molecule has 3 aliphatic rings. The van der Waals surface area contributed by atoms with Crippen LogP contribution in [0.15, 0.2) is 18.3 Å². The molecule has 1 aliphatic carbocycles. The average molecular weight is 300 g/mol. The maximum atomic E-state index is 11.9. The molecule has 0 radical (unpaired) electrons. The Morgan fingerprint density at radius 2 is 1.86 bits per heavy atom. The first-order chi connectivity index (χ1) is 10.7. The molecule has 0 aromatic carbocycles. The molecule has 2 aliphatic heterocycles. The number of hydrogen-bond donors (Lipinski definition) is 2. The number of amides is 1. The number of aromatic nitrogens is 1. The van der Waals surface area contributed by atoms with Gasteiger partial charge in [0.05, 0.1) is 5.56 Å². The van der Waals surface area contributed by atoms with Crippen LogP contribution < -0.4 is 10.6 Å². The van der Waals surface area contributed by atoms with Crippen LogP contribution in [0, 0.1) is 0 Å². The Kier molecular flexibility index (Phi) is 3.53. The highest BCUT2D eigenvalue weighted by atomic mass is 16.1. The van der Waals surface area contributed by atoms with Gasteiger partial charge in [-0.3, -0.25) is 4.79 Å². The topological polar surface area (TPSA) is 57.3 Å². The van der Waals surface area contributed by atoms with Crippen molar-refractivity contribution in [1.82, 2.24) is 15.2 Å². The van der Waals surface area contributed by atoms with E-state index in [-0.39, 0.29) is 5.91 Å². The summed E-state index contributed by atoms with van der Waals surface area (Å²) in [5.41, 5.74) is 0.654. The van der Waals surface area contributed by atoms with E-state index in [0.29, 0.717) is 17.6 Å². The molecule has 1 aromatic rings. The number of hydrogen-bond acceptors (Lipinski definition) is 4. The number of fused-ring (bicyclic) bond motifs is 2. The number of pyridine rings is 1. The largest absolute Gasteiger partial charge is 0.367 e. The van der Waals surface area contributed by atoms with Crippen LogP contribution in [0.3, 0.4) is 0 Å². The molecule has 0 spiro atoms. The summed E-state index contributed by atoms with van der Waals surface area (Å²) in [7, 11) is 2.25. The molecule has 2 atom stereocenters. The van der Waals surface area contributed by atoms with E-state index in [1.165, 1.54) is 25.7 Å². The molecular weight excluding hydrogens is 276 g/mol. The van der Waals surface area contributed by atoms with Crippen LogP contribution in [-0.4, -0.2) is 47.0 Å². The molecule has 3 fully saturated rings. The molecule has 22 heavy (non-hydrogen) atoms. The fourth-order valence-corrected chi connectivity index (χ4v) is 3.85. The molecule has 5 nitrogen and oxygen atoms in total. The van der Waals surface area contributed by atoms with Crippen molar-refractivity contribution in [1.29, 1.82) is 0 Å². The maximum absolute atomic E-state index is 11.9. The van der Waals surface area contributed by atoms with Crippen LogP contribution in [0.5, 0.6) is 0 Å². The SMILES string of the molecule is CN1C2CCC1CC(Nc1ccc(C(=O)NC3CC3)cn1)C2. The van der Waals surface area contributed by atoms with E-state index in [4.69, 9.17) is 0 Å². The minimum Gasteiger partial charge on any atom is -0.367 e. The summed E-state index contributed by atoms with van der Waals surface area (Å²) in [6, 6.07) is 6.14. The van der Waals surface area contributed by atoms with Gasteiger partial charge in [-0.2, -0.15) is 0 Å². The molecule has 2 unspecified atom stereocenters. The van der Waals surface area contributed by atoms with Gasteiger partial charge in [0, 0.05) is 30.4 Å². The second-order valence-corrected chi connectivity index (χ2v) is 7.04. The van der Waals surface area contributed by atoms with Crippen molar-refractivity contribution in [3.63, 3.8) is 0 Å². The van der Waals surface area contributed by atoms with E-state index in [9.17, 15) is 4.79 Å². The zero-order valence-corrected chi connectivity index (χ0v) is 13.1. The van der Waals surface area contributed by atoms with Gasteiger partial charge in [-0.15, -0.1) is 0 Å². The lowest BCUT2D eigenvalue weighted by molar-refractivity contribution is 0.0951. The number of rotatable bonds is 4. The van der Waals surface area contributed by atoms with Crippen LogP contribution in [0.2, 0.25) is 0 Å². The van der Waals surface area contributed by atoms with E-state index in [1.807, 2.05) is 12.1 Å². The zero-order chi connectivity index (χ0) is 15.1. The van der Waals surface area contributed by atoms with Crippen molar-refractivity contribution in [3.05, 3.63) is 23.9 Å². The highest BCUT2D eigenvalue weighted by Gasteiger charge is 2.38. The molecule has 2 saturated heterocycles. The fraction of sp³-hybridized carbons (Fsp3) is 0.647. The van der Waals surface area contributed by atoms with E-state index in [1.54, 1.807) is 6.20 Å². The smallest absolute Gasteiger partial charge is 0.253 e. The maximum Gasteiger partial charge on any atom is 0.253 e. The van der Waals surface area contributed by atoms with E-state index in [0.717, 1.165) is 30.7 Å². The average Bonchev–Trinajstić information content (AvgIpc) is 3.29. The minimum atomic E-state index is -0.00103. The van der Waals surface area contributed by atoms with E-state index < -0.39 is 0 Å². The number of nitrogens with one attached hydrogen (secondary N) is 2. The summed E-state index contributed by atoms with van der Waals surface area (Å²) in [4.78, 5) is 18.9. The summed E-state index contributed by atoms with van der Waals surface area (Å²) < 4.78 is 0. The molecular formula is C17H24N4O. The number of carbonyl (C=O) groups excluding carboxylic acids is 1. The quantitative estimate of drug-likeness (QED) is 0.893. The van der Waals surface area contributed by atoms with Crippen molar-refractivity contribution in [2.24, 2.45) is 0 Å². The second kappa shape index (κ2) is 5.54. The Bertz CT molecular complexity index is 540. The standard InChI is InChI=1S/C17H24N4O/c1-21-14-5-6-15(21)9-13(8-14)19-16-7-2-11(10-18-16)17(22)20-12-3-4-12/h2,7,10,12-15H,3-6,8-9H2,1H3,(H,18,19)(H,20,22). The van der Waals surface area contributed by atoms with Crippen LogP contribution in [0.1, 0.15) is 48.9 Å². The Morgan fingerprint density at radius 1 is 1.14 bits per heavy atom. The molecule has 5 heteroatoms. The predicted octanol–water partition coefficient (Wildman–Crippen LogP) is 2.01. The van der Waals surface area contributed by atoms with Crippen LogP contribution in [0.25, 0.3) is 0 Å². The van der Waals surface area contributed by atoms with E-state index >= 15 is 0 Å². The highest BCUT2D eigenvalue weighted by Crippen LogP contribution is 2.35. The van der Waals surface area contributed by atoms with Gasteiger partial charge in [-0.05, 0) is 57.7 Å². The molecule has 2 N–H and O–H groups in total. The van der Waals surface area contributed by atoms with E-state index in [2.05, 4.69) is 27.6 Å². The van der Waals surface area contributed by atoms with Crippen molar-refractivity contribution in [2.45, 2.75) is 62.7 Å². The fourth-order valence-electron chi connectivity index (χ4n) is 3.85. The van der Waals surface area contributed by atoms with Gasteiger partial charge in [-0.25, -0.2) is 4.98 Å². The third-order valence-electron chi connectivity index (χ3n) is 5.39. The van der Waals surface area contributed by atoms with Crippen molar-refractivity contribution in [3.8, 4) is 0 Å². The summed E-state index contributed by atoms with van der Waals surface area (Å²) in [6.45, 7) is 0. The van der Waals surface area contributed by atoms with Gasteiger partial charge in [0.15, 0.2) is 0 Å². The first kappa shape index (κ1) is 14.0. The zero-order valence-electron chi connectivity index (χ0n) is 13.1. The monoisotopic (exact) mass is 300 g/mol. The minimum absolute atomic E-state index is 0.00103. The van der Waals surface area contributed by atoms with Gasteiger partial charge in [0.1, 0.15) is 5.82 Å². The van der Waals surface area contributed by atoms with Crippen LogP contribution in [-0.2, 0) is 0 Å². The molecule has 3 heterocycles. The lowest BCUT2D eigenvalue weighted by Gasteiger charge is -2.36. The third kappa shape index (κ3) is 2.82. The Morgan fingerprint density at radius 3 is 2.45 bits per heavy atom. The van der Waals surface area contributed by atoms with Crippen LogP contribution >= 0.6 is 0 Å². The van der Waals surface area contributed by atoms with Crippen LogP contribution in [0.4, 0.5) is 5.82 Å². The Balaban J connectivity index is 1.36. The summed E-state index contributed by atoms with van der Waals surface area (Å²) in [5.74, 6) is 0.885. The molecule has 118 valence electrons. The number of nitrogens with zero attached hydrogens (tertiary/aromatic N) is 2. The molecule has 2 bridgehead atoms. The summed E-state index contributed by atoms with van der Waals surface area (Å²) in [6.07, 6.45) is 8.94. The molecule has 1 amide bonds. The first-order valence-corrected chi connectivity index (χ1v) is 8.44. The molecule has 1 saturated carbocycles. The number of anilines is 1. The first-order valence-electron chi connectivity index (χ1n) is 8.44.